The quantitative estimate of drug-likeness (QED) is 0.855. The van der Waals surface area contributed by atoms with Gasteiger partial charge in [0.25, 0.3) is 0 Å². The van der Waals surface area contributed by atoms with Gasteiger partial charge in [0.1, 0.15) is 0 Å². The molecule has 0 saturated heterocycles. The lowest BCUT2D eigenvalue weighted by Crippen LogP contribution is -2.47. The summed E-state index contributed by atoms with van der Waals surface area (Å²) in [5.41, 5.74) is 0.703. The minimum Gasteiger partial charge on any atom is -0.339 e. The average molecular weight is 372 g/mol. The predicted molar refractivity (Wildman–Crippen MR) is 89.4 cm³/mol. The lowest BCUT2D eigenvalue weighted by atomic mass is 9.91. The van der Waals surface area contributed by atoms with Crippen molar-refractivity contribution in [2.24, 2.45) is 0 Å². The van der Waals surface area contributed by atoms with E-state index in [1.807, 2.05) is 12.1 Å². The number of para-hydroxylation sites is 1. The van der Waals surface area contributed by atoms with E-state index in [-0.39, 0.29) is 30.8 Å². The number of rotatable bonds is 5. The van der Waals surface area contributed by atoms with E-state index in [2.05, 4.69) is 5.32 Å². The number of nitrogens with one attached hydrogen (secondary N) is 1. The summed E-state index contributed by atoms with van der Waals surface area (Å²) < 4.78 is 37.6. The first-order chi connectivity index (χ1) is 11.8. The van der Waals surface area contributed by atoms with Crippen molar-refractivity contribution in [1.82, 2.24) is 4.90 Å². The lowest BCUT2D eigenvalue weighted by Gasteiger charge is -2.38. The third-order valence-corrected chi connectivity index (χ3v) is 5.81. The van der Waals surface area contributed by atoms with Gasteiger partial charge in [-0.2, -0.15) is 13.2 Å². The number of hydrogen-bond acceptors (Lipinski definition) is 3. The molecule has 1 heterocycles. The normalized spacial score (nSPS) is 20.4. The summed E-state index contributed by atoms with van der Waals surface area (Å²) in [5.74, 6) is -0.651. The van der Waals surface area contributed by atoms with E-state index in [1.54, 1.807) is 12.1 Å². The molecule has 0 spiro atoms. The van der Waals surface area contributed by atoms with E-state index in [0.717, 1.165) is 24.2 Å². The first kappa shape index (κ1) is 18.1. The summed E-state index contributed by atoms with van der Waals surface area (Å²) >= 11 is 1.29. The Hall–Kier alpha value is -1.70. The summed E-state index contributed by atoms with van der Waals surface area (Å²) in [6.45, 7) is -0.331. The van der Waals surface area contributed by atoms with Crippen LogP contribution in [-0.4, -0.2) is 40.7 Å². The minimum atomic E-state index is -4.29. The zero-order chi connectivity index (χ0) is 18.0. The molecular weight excluding hydrogens is 353 g/mol. The molecule has 0 radical (unpaired) electrons. The molecule has 8 heteroatoms. The van der Waals surface area contributed by atoms with Crippen LogP contribution < -0.4 is 5.32 Å². The largest absolute Gasteiger partial charge is 0.390 e. The number of amides is 2. The number of halogens is 3. The van der Waals surface area contributed by atoms with Crippen molar-refractivity contribution < 1.29 is 22.8 Å². The molecule has 0 bridgehead atoms. The Kier molecular flexibility index (Phi) is 5.27. The Balaban J connectivity index is 1.65. The molecule has 2 aliphatic rings. The molecule has 1 unspecified atom stereocenters. The van der Waals surface area contributed by atoms with Crippen LogP contribution >= 0.6 is 11.8 Å². The first-order valence-electron chi connectivity index (χ1n) is 8.26. The second-order valence-corrected chi connectivity index (χ2v) is 7.58. The topological polar surface area (TPSA) is 49.4 Å². The van der Waals surface area contributed by atoms with Crippen molar-refractivity contribution in [3.8, 4) is 0 Å². The molecule has 1 atom stereocenters. The number of nitrogens with zero attached hydrogens (tertiary/aromatic N) is 1. The maximum absolute atomic E-state index is 12.6. The average Bonchev–Trinajstić information content (AvgIpc) is 2.49. The maximum Gasteiger partial charge on any atom is 0.390 e. The van der Waals surface area contributed by atoms with E-state index in [4.69, 9.17) is 0 Å². The summed E-state index contributed by atoms with van der Waals surface area (Å²) in [4.78, 5) is 27.0. The van der Waals surface area contributed by atoms with Crippen molar-refractivity contribution in [3.05, 3.63) is 24.3 Å². The number of anilines is 1. The zero-order valence-corrected chi connectivity index (χ0v) is 14.3. The van der Waals surface area contributed by atoms with Crippen LogP contribution in [0, 0.1) is 0 Å². The smallest absolute Gasteiger partial charge is 0.339 e. The van der Waals surface area contributed by atoms with Gasteiger partial charge in [-0.05, 0) is 31.4 Å². The second kappa shape index (κ2) is 7.27. The number of hydrogen-bond donors (Lipinski definition) is 1. The minimum absolute atomic E-state index is 0.0841. The van der Waals surface area contributed by atoms with Crippen molar-refractivity contribution in [1.29, 1.82) is 0 Å². The van der Waals surface area contributed by atoms with Crippen molar-refractivity contribution in [2.45, 2.75) is 54.5 Å². The SMILES string of the molecule is O=C1Nc2ccccc2SC1CC(=O)N(CCC(F)(F)F)C1CCC1. The Morgan fingerprint density at radius 2 is 2.00 bits per heavy atom. The molecule has 1 aromatic rings. The van der Waals surface area contributed by atoms with Crippen LogP contribution in [0.25, 0.3) is 0 Å². The Bertz CT molecular complexity index is 662. The first-order valence-corrected chi connectivity index (χ1v) is 9.14. The molecule has 136 valence electrons. The molecule has 1 aliphatic carbocycles. The number of carbonyl (C=O) groups excluding carboxylic acids is 2. The van der Waals surface area contributed by atoms with Gasteiger partial charge in [0, 0.05) is 23.9 Å². The summed E-state index contributed by atoms with van der Waals surface area (Å²) in [6, 6.07) is 7.15. The predicted octanol–water partition coefficient (Wildman–Crippen LogP) is 3.82. The number of thioether (sulfide) groups is 1. The van der Waals surface area contributed by atoms with Crippen molar-refractivity contribution in [3.63, 3.8) is 0 Å². The highest BCUT2D eigenvalue weighted by atomic mass is 32.2. The summed E-state index contributed by atoms with van der Waals surface area (Å²) in [6.07, 6.45) is -3.00. The molecule has 3 rings (SSSR count). The van der Waals surface area contributed by atoms with Gasteiger partial charge in [0.05, 0.1) is 17.4 Å². The Morgan fingerprint density at radius 3 is 2.64 bits per heavy atom. The van der Waals surface area contributed by atoms with E-state index in [9.17, 15) is 22.8 Å². The highest BCUT2D eigenvalue weighted by Crippen LogP contribution is 2.37. The Labute approximate surface area is 148 Å². The molecular formula is C17H19F3N2O2S. The van der Waals surface area contributed by atoms with Gasteiger partial charge in [-0.15, -0.1) is 11.8 Å². The van der Waals surface area contributed by atoms with Gasteiger partial charge >= 0.3 is 6.18 Å². The number of carbonyl (C=O) groups is 2. The third kappa shape index (κ3) is 4.48. The summed E-state index contributed by atoms with van der Waals surface area (Å²) in [5, 5.41) is 2.14. The number of alkyl halides is 3. The van der Waals surface area contributed by atoms with Gasteiger partial charge in [0.15, 0.2) is 0 Å². The molecule has 1 saturated carbocycles. The maximum atomic E-state index is 12.6. The van der Waals surface area contributed by atoms with Crippen molar-refractivity contribution >= 4 is 29.3 Å². The summed E-state index contributed by atoms with van der Waals surface area (Å²) in [7, 11) is 0. The van der Waals surface area contributed by atoms with Crippen LogP contribution in [0.5, 0.6) is 0 Å². The van der Waals surface area contributed by atoms with E-state index in [1.165, 1.54) is 16.7 Å². The van der Waals surface area contributed by atoms with Crippen LogP contribution in [0.15, 0.2) is 29.2 Å². The molecule has 1 aromatic carbocycles. The van der Waals surface area contributed by atoms with E-state index in [0.29, 0.717) is 5.69 Å². The molecule has 1 N–H and O–H groups in total. The second-order valence-electron chi connectivity index (χ2n) is 6.33. The van der Waals surface area contributed by atoms with Gasteiger partial charge in [0.2, 0.25) is 11.8 Å². The molecule has 25 heavy (non-hydrogen) atoms. The fraction of sp³-hybridized carbons (Fsp3) is 0.529. The molecule has 4 nitrogen and oxygen atoms in total. The fourth-order valence-electron chi connectivity index (χ4n) is 2.96. The van der Waals surface area contributed by atoms with Gasteiger partial charge in [-0.3, -0.25) is 9.59 Å². The zero-order valence-electron chi connectivity index (χ0n) is 13.5. The molecule has 0 aromatic heterocycles. The molecule has 1 fully saturated rings. The lowest BCUT2D eigenvalue weighted by molar-refractivity contribution is -0.150. The van der Waals surface area contributed by atoms with Gasteiger partial charge in [-0.1, -0.05) is 12.1 Å². The van der Waals surface area contributed by atoms with Crippen LogP contribution in [0.1, 0.15) is 32.1 Å². The van der Waals surface area contributed by atoms with Crippen LogP contribution in [0.3, 0.4) is 0 Å². The monoisotopic (exact) mass is 372 g/mol. The molecule has 1 aliphatic heterocycles. The standard InChI is InChI=1S/C17H19F3N2O2S/c18-17(19,20)8-9-22(11-4-3-5-11)15(23)10-14-16(24)21-12-6-1-2-7-13(12)25-14/h1-2,6-7,11,14H,3-5,8-10H2,(H,21,24). The van der Waals surface area contributed by atoms with Crippen LogP contribution in [-0.2, 0) is 9.59 Å². The van der Waals surface area contributed by atoms with E-state index < -0.39 is 17.8 Å². The highest BCUT2D eigenvalue weighted by Gasteiger charge is 2.36. The fourth-order valence-corrected chi connectivity index (χ4v) is 4.06. The third-order valence-electron chi connectivity index (χ3n) is 4.54. The Morgan fingerprint density at radius 1 is 1.28 bits per heavy atom. The highest BCUT2D eigenvalue weighted by molar-refractivity contribution is 8.01. The number of fused-ring (bicyclic) bond motifs is 1. The number of benzene rings is 1. The van der Waals surface area contributed by atoms with Gasteiger partial charge in [-0.25, -0.2) is 0 Å². The molecule has 2 amide bonds. The van der Waals surface area contributed by atoms with E-state index >= 15 is 0 Å². The van der Waals surface area contributed by atoms with Crippen LogP contribution in [0.4, 0.5) is 18.9 Å². The van der Waals surface area contributed by atoms with Gasteiger partial charge < -0.3 is 10.2 Å². The van der Waals surface area contributed by atoms with Crippen LogP contribution in [0.2, 0.25) is 0 Å². The van der Waals surface area contributed by atoms with Crippen molar-refractivity contribution in [2.75, 3.05) is 11.9 Å².